The van der Waals surface area contributed by atoms with E-state index in [9.17, 15) is 13.2 Å². The molecule has 14 heteroatoms. The molecule has 0 amide bonds. The summed E-state index contributed by atoms with van der Waals surface area (Å²) in [5.41, 5.74) is 0.439. The number of hydrogen-bond acceptors (Lipinski definition) is 7. The average molecular weight is 491 g/mol. The summed E-state index contributed by atoms with van der Waals surface area (Å²) in [6.45, 7) is 2.16. The fourth-order valence-corrected chi connectivity index (χ4v) is 4.50. The van der Waals surface area contributed by atoms with E-state index < -0.39 is 12.7 Å². The van der Waals surface area contributed by atoms with Gasteiger partial charge in [-0.25, -0.2) is 14.3 Å². The van der Waals surface area contributed by atoms with Crippen LogP contribution in [0, 0.1) is 0 Å². The van der Waals surface area contributed by atoms with Gasteiger partial charge < -0.3 is 10.1 Å². The molecule has 5 rings (SSSR count). The Morgan fingerprint density at radius 2 is 1.88 bits per heavy atom. The lowest BCUT2D eigenvalue weighted by Crippen LogP contribution is -2.51. The minimum absolute atomic E-state index is 0.0271. The van der Waals surface area contributed by atoms with Crippen LogP contribution in [0.2, 0.25) is 10.3 Å². The summed E-state index contributed by atoms with van der Waals surface area (Å²) in [4.78, 5) is 10.7. The molecule has 172 valence electrons. The maximum Gasteiger partial charge on any atom is 0.408 e. The summed E-state index contributed by atoms with van der Waals surface area (Å²) >= 11 is 12.5. The molecule has 0 spiro atoms. The van der Waals surface area contributed by atoms with Crippen LogP contribution >= 0.6 is 23.2 Å². The zero-order chi connectivity index (χ0) is 22.5. The lowest BCUT2D eigenvalue weighted by Gasteiger charge is -2.41. The van der Waals surface area contributed by atoms with Gasteiger partial charge in [-0.05, 0) is 12.8 Å². The van der Waals surface area contributed by atoms with Crippen LogP contribution < -0.4 is 5.32 Å². The van der Waals surface area contributed by atoms with Gasteiger partial charge in [-0.3, -0.25) is 4.90 Å². The Morgan fingerprint density at radius 3 is 2.53 bits per heavy atom. The van der Waals surface area contributed by atoms with Gasteiger partial charge in [0, 0.05) is 19.3 Å². The molecule has 0 unspecified atom stereocenters. The minimum Gasteiger partial charge on any atom is -0.378 e. The van der Waals surface area contributed by atoms with Gasteiger partial charge in [0.1, 0.15) is 6.54 Å². The summed E-state index contributed by atoms with van der Waals surface area (Å²) in [5, 5.41) is 11.6. The third-order valence-electron chi connectivity index (χ3n) is 5.74. The van der Waals surface area contributed by atoms with Crippen molar-refractivity contribution in [2.24, 2.45) is 0 Å². The fourth-order valence-electron chi connectivity index (χ4n) is 4.00. The Balaban J connectivity index is 1.32. The molecular formula is C18H19Cl2F3N8O. The van der Waals surface area contributed by atoms with Crippen LogP contribution in [0.3, 0.4) is 0 Å². The van der Waals surface area contributed by atoms with E-state index in [0.29, 0.717) is 21.6 Å². The molecule has 0 aliphatic carbocycles. The van der Waals surface area contributed by atoms with Crippen LogP contribution in [0.1, 0.15) is 18.9 Å². The van der Waals surface area contributed by atoms with Crippen molar-refractivity contribution in [3.8, 4) is 0 Å². The van der Waals surface area contributed by atoms with Crippen LogP contribution in [-0.4, -0.2) is 73.0 Å². The van der Waals surface area contributed by atoms with E-state index in [1.807, 2.05) is 0 Å². The molecule has 9 nitrogen and oxygen atoms in total. The Morgan fingerprint density at radius 1 is 1.12 bits per heavy atom. The number of alkyl halides is 3. The molecule has 2 saturated heterocycles. The molecule has 2 fully saturated rings. The highest BCUT2D eigenvalue weighted by Crippen LogP contribution is 2.32. The third kappa shape index (κ3) is 4.24. The number of rotatable bonds is 5. The van der Waals surface area contributed by atoms with Gasteiger partial charge >= 0.3 is 6.18 Å². The molecule has 2 aliphatic rings. The smallest absolute Gasteiger partial charge is 0.378 e. The fraction of sp³-hybridized carbons (Fsp3) is 0.556. The van der Waals surface area contributed by atoms with E-state index in [1.165, 1.54) is 6.20 Å². The highest BCUT2D eigenvalue weighted by atomic mass is 35.5. The van der Waals surface area contributed by atoms with E-state index in [-0.39, 0.29) is 28.2 Å². The molecule has 3 aromatic rings. The van der Waals surface area contributed by atoms with Crippen LogP contribution in [0.5, 0.6) is 0 Å². The van der Waals surface area contributed by atoms with Crippen molar-refractivity contribution in [2.45, 2.75) is 37.6 Å². The number of anilines is 2. The lowest BCUT2D eigenvalue weighted by atomic mass is 10.0. The number of fused-ring (bicyclic) bond motifs is 1. The Bertz CT molecular complexity index is 1120. The van der Waals surface area contributed by atoms with Gasteiger partial charge in [0.2, 0.25) is 5.95 Å². The van der Waals surface area contributed by atoms with Gasteiger partial charge in [-0.1, -0.05) is 23.2 Å². The van der Waals surface area contributed by atoms with Crippen molar-refractivity contribution >= 4 is 45.9 Å². The first-order valence-electron chi connectivity index (χ1n) is 10.1. The van der Waals surface area contributed by atoms with Crippen molar-refractivity contribution in [3.63, 3.8) is 0 Å². The van der Waals surface area contributed by atoms with E-state index in [4.69, 9.17) is 27.9 Å². The number of nitrogens with zero attached hydrogens (tertiary/aromatic N) is 7. The van der Waals surface area contributed by atoms with Gasteiger partial charge in [0.25, 0.3) is 0 Å². The second-order valence-corrected chi connectivity index (χ2v) is 8.59. The molecule has 2 aliphatic heterocycles. The second kappa shape index (κ2) is 8.32. The highest BCUT2D eigenvalue weighted by Gasteiger charge is 2.32. The summed E-state index contributed by atoms with van der Waals surface area (Å²) in [7, 11) is 0. The van der Waals surface area contributed by atoms with Crippen molar-refractivity contribution in [3.05, 3.63) is 22.7 Å². The highest BCUT2D eigenvalue weighted by molar-refractivity contribution is 6.34. The summed E-state index contributed by atoms with van der Waals surface area (Å²) in [6.07, 6.45) is 0.240. The Labute approximate surface area is 190 Å². The zero-order valence-corrected chi connectivity index (χ0v) is 18.2. The number of likely N-dealkylation sites (tertiary alicyclic amines) is 1. The van der Waals surface area contributed by atoms with Crippen LogP contribution in [0.15, 0.2) is 12.4 Å². The predicted octanol–water partition coefficient (Wildman–Crippen LogP) is 3.67. The monoisotopic (exact) mass is 490 g/mol. The third-order valence-corrected chi connectivity index (χ3v) is 6.39. The van der Waals surface area contributed by atoms with E-state index >= 15 is 0 Å². The molecule has 0 aromatic carbocycles. The van der Waals surface area contributed by atoms with E-state index in [1.54, 1.807) is 10.9 Å². The van der Waals surface area contributed by atoms with Gasteiger partial charge in [-0.15, -0.1) is 0 Å². The normalized spacial score (nSPS) is 18.9. The second-order valence-electron chi connectivity index (χ2n) is 7.87. The summed E-state index contributed by atoms with van der Waals surface area (Å²) in [6, 6.07) is 0.665. The maximum absolute atomic E-state index is 12.8. The van der Waals surface area contributed by atoms with Crippen molar-refractivity contribution in [1.82, 2.24) is 34.4 Å². The molecule has 3 aromatic heterocycles. The molecule has 32 heavy (non-hydrogen) atoms. The van der Waals surface area contributed by atoms with Crippen LogP contribution in [0.4, 0.5) is 24.8 Å². The number of nitrogens with one attached hydrogen (secondary N) is 1. The van der Waals surface area contributed by atoms with Crippen molar-refractivity contribution < 1.29 is 17.9 Å². The van der Waals surface area contributed by atoms with Crippen LogP contribution in [0.25, 0.3) is 11.0 Å². The van der Waals surface area contributed by atoms with Crippen molar-refractivity contribution in [1.29, 1.82) is 0 Å². The SMILES string of the molecule is FC(F)(F)Cn1nc(Cl)c2cnc(Nc3cnn(C4CCN(C5COC5)CC4)c3Cl)nc21. The molecule has 1 N–H and O–H groups in total. The summed E-state index contributed by atoms with van der Waals surface area (Å²) < 4.78 is 46.3. The Kier molecular flexibility index (Phi) is 5.64. The number of ether oxygens (including phenoxy) is 1. The first kappa shape index (κ1) is 21.7. The minimum atomic E-state index is -4.47. The number of piperidine rings is 1. The van der Waals surface area contributed by atoms with Crippen molar-refractivity contribution in [2.75, 3.05) is 31.6 Å². The maximum atomic E-state index is 12.8. The van der Waals surface area contributed by atoms with Gasteiger partial charge in [0.15, 0.2) is 16.0 Å². The average Bonchev–Trinajstić information content (AvgIpc) is 3.20. The predicted molar refractivity (Wildman–Crippen MR) is 111 cm³/mol. The molecular weight excluding hydrogens is 472 g/mol. The topological polar surface area (TPSA) is 85.9 Å². The first-order valence-corrected chi connectivity index (χ1v) is 10.8. The molecule has 0 atom stereocenters. The molecule has 0 saturated carbocycles. The van der Waals surface area contributed by atoms with Gasteiger partial charge in [-0.2, -0.15) is 28.4 Å². The Hall–Kier alpha value is -2.15. The first-order chi connectivity index (χ1) is 15.3. The van der Waals surface area contributed by atoms with Crippen LogP contribution in [-0.2, 0) is 11.3 Å². The lowest BCUT2D eigenvalue weighted by molar-refractivity contribution is -0.141. The quantitative estimate of drug-likeness (QED) is 0.583. The van der Waals surface area contributed by atoms with Gasteiger partial charge in [0.05, 0.1) is 42.6 Å². The molecule has 0 radical (unpaired) electrons. The number of hydrogen-bond donors (Lipinski definition) is 1. The largest absolute Gasteiger partial charge is 0.408 e. The zero-order valence-electron chi connectivity index (χ0n) is 16.7. The molecule has 0 bridgehead atoms. The molecule has 5 heterocycles. The van der Waals surface area contributed by atoms with E-state index in [0.717, 1.165) is 39.1 Å². The number of aromatic nitrogens is 6. The standard InChI is InChI=1S/C18H19Cl2F3N8O/c19-14-12-5-24-17(27-16(12)30(28-14)9-18(21,22)23)26-13-6-25-31(15(13)20)10-1-3-29(4-2-10)11-7-32-8-11/h5-6,10-11H,1-4,7-9H2,(H,24,26,27). The number of halogens is 5. The summed E-state index contributed by atoms with van der Waals surface area (Å²) in [5.74, 6) is 0.0683. The van der Waals surface area contributed by atoms with E-state index in [2.05, 4.69) is 30.4 Å².